The van der Waals surface area contributed by atoms with Gasteiger partial charge in [-0.05, 0) is 0 Å². The average molecular weight is 406 g/mol. The van der Waals surface area contributed by atoms with Crippen LogP contribution in [0.1, 0.15) is 25.7 Å². The van der Waals surface area contributed by atoms with E-state index in [2.05, 4.69) is 0 Å². The van der Waals surface area contributed by atoms with Crippen LogP contribution in [-0.2, 0) is 10.8 Å². The molecule has 0 atom stereocenters. The van der Waals surface area contributed by atoms with E-state index in [9.17, 15) is 56.9 Å². The molecule has 0 fully saturated rings. The zero-order chi connectivity index (χ0) is 19.6. The lowest BCUT2D eigenvalue weighted by atomic mass is 10.2. The summed E-state index contributed by atoms with van der Waals surface area (Å²) in [6.45, 7) is 0. The van der Waals surface area contributed by atoms with Crippen LogP contribution >= 0.6 is 0 Å². The van der Waals surface area contributed by atoms with Crippen LogP contribution in [0.3, 0.4) is 0 Å². The molecule has 0 rings (SSSR count). The summed E-state index contributed by atoms with van der Waals surface area (Å²) in [6.07, 6.45) is -31.0. The van der Waals surface area contributed by atoms with Crippen molar-refractivity contribution < 1.29 is 56.9 Å². The molecule has 0 heterocycles. The minimum atomic E-state index is -5.34. The molecule has 1 nitrogen and oxygen atoms in total. The Balaban J connectivity index is 5.53. The summed E-state index contributed by atoms with van der Waals surface area (Å²) in [7, 11) is -3.66. The van der Waals surface area contributed by atoms with Crippen molar-refractivity contribution in [1.29, 1.82) is 0 Å². The molecule has 0 saturated heterocycles. The summed E-state index contributed by atoms with van der Waals surface area (Å²) in [5, 5.41) is -5.92. The third-order valence-corrected chi connectivity index (χ3v) is 4.47. The molecule has 0 aliphatic heterocycles. The van der Waals surface area contributed by atoms with E-state index in [-0.39, 0.29) is 0 Å². The topological polar surface area (TPSA) is 17.1 Å². The first kappa shape index (κ1) is 23.3. The molecule has 0 aliphatic carbocycles. The SMILES string of the molecule is O=S(C(CC(F)(F)F)CC(F)(F)F)C(CC(F)(F)F)CC(F)(F)F. The molecule has 146 valence electrons. The Morgan fingerprint density at radius 1 is 0.500 bits per heavy atom. The minimum Gasteiger partial charge on any atom is -0.259 e. The van der Waals surface area contributed by atoms with Crippen molar-refractivity contribution >= 4 is 10.8 Å². The highest BCUT2D eigenvalue weighted by atomic mass is 32.2. The molecule has 14 heteroatoms. The highest BCUT2D eigenvalue weighted by Gasteiger charge is 2.47. The van der Waals surface area contributed by atoms with Crippen LogP contribution in [0.25, 0.3) is 0 Å². The zero-order valence-electron chi connectivity index (χ0n) is 11.3. The summed E-state index contributed by atoms with van der Waals surface area (Å²) in [6, 6.07) is 0. The quantitative estimate of drug-likeness (QED) is 0.549. The summed E-state index contributed by atoms with van der Waals surface area (Å²) >= 11 is 0. The van der Waals surface area contributed by atoms with Gasteiger partial charge in [-0.25, -0.2) is 0 Å². The van der Waals surface area contributed by atoms with Crippen molar-refractivity contribution in [3.8, 4) is 0 Å². The van der Waals surface area contributed by atoms with Crippen molar-refractivity contribution in [1.82, 2.24) is 0 Å². The van der Waals surface area contributed by atoms with E-state index in [1.54, 1.807) is 0 Å². The van der Waals surface area contributed by atoms with E-state index >= 15 is 0 Å². The van der Waals surface area contributed by atoms with Crippen LogP contribution in [-0.4, -0.2) is 39.4 Å². The molecular formula is C10H10F12OS. The third-order valence-electron chi connectivity index (χ3n) is 2.49. The standard InChI is InChI=1S/C10H10F12OS/c11-7(12,13)1-5(2-8(14,15)16)24(23)6(3-9(17,18)19)4-10(20,21)22/h5-6H,1-4H2. The van der Waals surface area contributed by atoms with Gasteiger partial charge in [-0.2, -0.15) is 52.7 Å². The van der Waals surface area contributed by atoms with Crippen molar-refractivity contribution in [2.24, 2.45) is 0 Å². The Kier molecular flexibility index (Phi) is 7.46. The highest BCUT2D eigenvalue weighted by molar-refractivity contribution is 7.86. The van der Waals surface area contributed by atoms with Crippen LogP contribution in [0.2, 0.25) is 0 Å². The monoisotopic (exact) mass is 406 g/mol. The molecule has 0 aliphatic rings. The second-order valence-electron chi connectivity index (χ2n) is 4.85. The zero-order valence-corrected chi connectivity index (χ0v) is 12.2. The number of hydrogen-bond acceptors (Lipinski definition) is 1. The van der Waals surface area contributed by atoms with Gasteiger partial charge in [0.15, 0.2) is 0 Å². The van der Waals surface area contributed by atoms with Gasteiger partial charge in [-0.15, -0.1) is 0 Å². The van der Waals surface area contributed by atoms with Crippen LogP contribution in [0.5, 0.6) is 0 Å². The summed E-state index contributed by atoms with van der Waals surface area (Å²) in [5.41, 5.74) is 0. The maximum atomic E-state index is 12.2. The normalized spacial score (nSPS) is 15.0. The molecule has 0 radical (unpaired) electrons. The second-order valence-corrected chi connectivity index (χ2v) is 6.84. The van der Waals surface area contributed by atoms with Crippen LogP contribution in [0, 0.1) is 0 Å². The first-order chi connectivity index (χ1) is 10.3. The van der Waals surface area contributed by atoms with Gasteiger partial charge in [0, 0.05) is 10.8 Å². The maximum absolute atomic E-state index is 12.2. The molecule has 24 heavy (non-hydrogen) atoms. The summed E-state index contributed by atoms with van der Waals surface area (Å²) in [5.74, 6) is 0. The molecule has 0 aromatic carbocycles. The van der Waals surface area contributed by atoms with E-state index < -0.39 is 71.7 Å². The van der Waals surface area contributed by atoms with Crippen LogP contribution in [0.15, 0.2) is 0 Å². The largest absolute Gasteiger partial charge is 0.390 e. The predicted molar refractivity (Wildman–Crippen MR) is 58.4 cm³/mol. The molecule has 0 aromatic rings. The van der Waals surface area contributed by atoms with Gasteiger partial charge in [-0.1, -0.05) is 0 Å². The van der Waals surface area contributed by atoms with Crippen molar-refractivity contribution in [2.75, 3.05) is 0 Å². The van der Waals surface area contributed by atoms with Crippen LogP contribution in [0.4, 0.5) is 52.7 Å². The number of halogens is 12. The molecule has 0 unspecified atom stereocenters. The number of hydrogen-bond donors (Lipinski definition) is 0. The van der Waals surface area contributed by atoms with Gasteiger partial charge >= 0.3 is 24.7 Å². The highest BCUT2D eigenvalue weighted by Crippen LogP contribution is 2.37. The summed E-state index contributed by atoms with van der Waals surface area (Å²) in [4.78, 5) is 0. The first-order valence-electron chi connectivity index (χ1n) is 5.95. The Labute approximate surface area is 129 Å². The summed E-state index contributed by atoms with van der Waals surface area (Å²) < 4.78 is 158. The Morgan fingerprint density at radius 2 is 0.667 bits per heavy atom. The fourth-order valence-electron chi connectivity index (χ4n) is 1.78. The van der Waals surface area contributed by atoms with E-state index in [0.717, 1.165) is 0 Å². The van der Waals surface area contributed by atoms with Gasteiger partial charge in [0.2, 0.25) is 0 Å². The lowest BCUT2D eigenvalue weighted by Gasteiger charge is -2.26. The molecule has 0 aromatic heterocycles. The third kappa shape index (κ3) is 11.8. The molecule has 0 N–H and O–H groups in total. The molecule has 0 spiro atoms. The lowest BCUT2D eigenvalue weighted by molar-refractivity contribution is -0.156. The smallest absolute Gasteiger partial charge is 0.259 e. The van der Waals surface area contributed by atoms with Crippen molar-refractivity contribution in [3.05, 3.63) is 0 Å². The van der Waals surface area contributed by atoms with Gasteiger partial charge in [-0.3, -0.25) is 4.21 Å². The second kappa shape index (κ2) is 7.68. The lowest BCUT2D eigenvalue weighted by Crippen LogP contribution is -2.38. The van der Waals surface area contributed by atoms with Gasteiger partial charge in [0.05, 0.1) is 36.2 Å². The fourth-order valence-corrected chi connectivity index (χ4v) is 3.73. The maximum Gasteiger partial charge on any atom is 0.390 e. The van der Waals surface area contributed by atoms with Crippen LogP contribution < -0.4 is 0 Å². The van der Waals surface area contributed by atoms with Gasteiger partial charge in [0.25, 0.3) is 0 Å². The van der Waals surface area contributed by atoms with Crippen molar-refractivity contribution in [2.45, 2.75) is 60.9 Å². The van der Waals surface area contributed by atoms with Gasteiger partial charge < -0.3 is 0 Å². The van der Waals surface area contributed by atoms with E-state index in [0.29, 0.717) is 0 Å². The number of alkyl halides is 12. The van der Waals surface area contributed by atoms with Gasteiger partial charge in [0.1, 0.15) is 0 Å². The molecule has 0 bridgehead atoms. The Bertz CT molecular complexity index is 348. The predicted octanol–water partition coefficient (Wildman–Crippen LogP) is 5.28. The van der Waals surface area contributed by atoms with E-state index in [1.807, 2.05) is 0 Å². The van der Waals surface area contributed by atoms with E-state index in [1.165, 1.54) is 0 Å². The Hall–Kier alpha value is -0.690. The fraction of sp³-hybridized carbons (Fsp3) is 1.00. The molecular weight excluding hydrogens is 396 g/mol. The van der Waals surface area contributed by atoms with Crippen molar-refractivity contribution in [3.63, 3.8) is 0 Å². The molecule has 0 saturated carbocycles. The minimum absolute atomic E-state index is 2.41. The Morgan fingerprint density at radius 3 is 0.792 bits per heavy atom. The first-order valence-corrected chi connectivity index (χ1v) is 7.23. The van der Waals surface area contributed by atoms with E-state index in [4.69, 9.17) is 0 Å². The number of rotatable bonds is 6. The average Bonchev–Trinajstić information content (AvgIpc) is 2.17. The molecule has 0 amide bonds.